The molecule has 0 unspecified atom stereocenters. The first-order chi connectivity index (χ1) is 14.8. The average Bonchev–Trinajstić information content (AvgIpc) is 2.98. The van der Waals surface area contributed by atoms with E-state index in [-0.39, 0.29) is 27.9 Å². The Hall–Kier alpha value is -3.72. The third-order valence-electron chi connectivity index (χ3n) is 4.08. The van der Waals surface area contributed by atoms with Crippen molar-refractivity contribution in [2.75, 3.05) is 19.1 Å². The number of halogens is 3. The fraction of sp³-hybridized carbons (Fsp3) is 0.0952. The lowest BCUT2D eigenvalue weighted by atomic mass is 10.1. The third kappa shape index (κ3) is 4.72. The highest BCUT2D eigenvalue weighted by Gasteiger charge is 2.29. The summed E-state index contributed by atoms with van der Waals surface area (Å²) in [5.74, 6) is -3.96. The summed E-state index contributed by atoms with van der Waals surface area (Å²) in [6, 6.07) is 4.37. The predicted octanol–water partition coefficient (Wildman–Crippen LogP) is 4.30. The van der Waals surface area contributed by atoms with Crippen LogP contribution in [0.2, 0.25) is 5.15 Å². The van der Waals surface area contributed by atoms with Gasteiger partial charge in [0.05, 0.1) is 25.5 Å². The first kappa shape index (κ1) is 22.0. The molecule has 0 spiro atoms. The highest BCUT2D eigenvalue weighted by atomic mass is 35.5. The van der Waals surface area contributed by atoms with E-state index in [1.165, 1.54) is 42.8 Å². The first-order valence-corrected chi connectivity index (χ1v) is 9.07. The lowest BCUT2D eigenvalue weighted by molar-refractivity contribution is -0.139. The summed E-state index contributed by atoms with van der Waals surface area (Å²) in [4.78, 5) is 29.3. The van der Waals surface area contributed by atoms with Gasteiger partial charge in [0, 0.05) is 30.6 Å². The maximum absolute atomic E-state index is 15.0. The summed E-state index contributed by atoms with van der Waals surface area (Å²) < 4.78 is 44.5. The van der Waals surface area contributed by atoms with E-state index in [1.807, 2.05) is 0 Å². The molecule has 0 aliphatic carbocycles. The number of benzene rings is 1. The molecule has 1 aromatic carbocycles. The summed E-state index contributed by atoms with van der Waals surface area (Å²) in [6.45, 7) is 0. The van der Waals surface area contributed by atoms with E-state index in [0.717, 1.165) is 31.3 Å². The van der Waals surface area contributed by atoms with Crippen LogP contribution >= 0.6 is 11.6 Å². The van der Waals surface area contributed by atoms with Gasteiger partial charge in [-0.3, -0.25) is 0 Å². The van der Waals surface area contributed by atoms with Gasteiger partial charge in [0.1, 0.15) is 16.6 Å². The van der Waals surface area contributed by atoms with Crippen LogP contribution in [0.15, 0.2) is 66.2 Å². The molecule has 0 atom stereocenters. The number of allylic oxidation sites excluding steroid dienone is 2. The van der Waals surface area contributed by atoms with Gasteiger partial charge in [-0.1, -0.05) is 17.7 Å². The maximum atomic E-state index is 15.0. The quantitative estimate of drug-likeness (QED) is 0.498. The van der Waals surface area contributed by atoms with Crippen molar-refractivity contribution in [3.63, 3.8) is 0 Å². The Balaban J connectivity index is 2.08. The number of nitrogens with zero attached hydrogens (tertiary/aromatic N) is 2. The Bertz CT molecular complexity index is 1130. The van der Waals surface area contributed by atoms with E-state index >= 15 is 4.39 Å². The molecule has 0 N–H and O–H groups in total. The molecule has 3 rings (SSSR count). The zero-order valence-corrected chi connectivity index (χ0v) is 17.0. The standard InChI is InChI=1S/C21H15ClF2N2O5/c1-29-20(27)13-5-3-4-8-26(19(13)21(28)30-2)16-10-15(24)17(11-14(16)23)31-12-6-7-25-18(22)9-12/h3-11H,1-2H3. The van der Waals surface area contributed by atoms with Gasteiger partial charge in [0.25, 0.3) is 0 Å². The minimum atomic E-state index is -0.955. The molecule has 2 heterocycles. The van der Waals surface area contributed by atoms with Crippen molar-refractivity contribution in [3.8, 4) is 11.5 Å². The topological polar surface area (TPSA) is 78.0 Å². The highest BCUT2D eigenvalue weighted by molar-refractivity contribution is 6.29. The van der Waals surface area contributed by atoms with Crippen LogP contribution in [0, 0.1) is 11.6 Å². The largest absolute Gasteiger partial charge is 0.465 e. The summed E-state index contributed by atoms with van der Waals surface area (Å²) in [7, 11) is 2.22. The molecule has 31 heavy (non-hydrogen) atoms. The molecule has 2 aromatic rings. The molecule has 0 radical (unpaired) electrons. The molecule has 1 aromatic heterocycles. The van der Waals surface area contributed by atoms with Crippen LogP contribution in [0.4, 0.5) is 14.5 Å². The Morgan fingerprint density at radius 3 is 2.45 bits per heavy atom. The molecule has 0 bridgehead atoms. The number of methoxy groups -OCH3 is 2. The summed E-state index contributed by atoms with van der Waals surface area (Å²) in [5, 5.41) is 0.111. The van der Waals surface area contributed by atoms with Gasteiger partial charge in [-0.2, -0.15) is 0 Å². The van der Waals surface area contributed by atoms with E-state index in [0.29, 0.717) is 0 Å². The van der Waals surface area contributed by atoms with E-state index in [1.54, 1.807) is 0 Å². The van der Waals surface area contributed by atoms with Gasteiger partial charge in [-0.15, -0.1) is 0 Å². The molecule has 10 heteroatoms. The zero-order valence-electron chi connectivity index (χ0n) is 16.3. The fourth-order valence-electron chi connectivity index (χ4n) is 2.71. The Morgan fingerprint density at radius 2 is 1.77 bits per heavy atom. The normalized spacial score (nSPS) is 13.1. The Morgan fingerprint density at radius 1 is 1.03 bits per heavy atom. The van der Waals surface area contributed by atoms with Crippen LogP contribution in [0.3, 0.4) is 0 Å². The van der Waals surface area contributed by atoms with E-state index < -0.39 is 29.3 Å². The molecule has 0 saturated carbocycles. The second-order valence-corrected chi connectivity index (χ2v) is 6.35. The monoisotopic (exact) mass is 448 g/mol. The van der Waals surface area contributed by atoms with Crippen molar-refractivity contribution in [2.24, 2.45) is 0 Å². The van der Waals surface area contributed by atoms with Crippen molar-refractivity contribution in [1.29, 1.82) is 0 Å². The molecule has 0 amide bonds. The SMILES string of the molecule is COC(=O)C1=C(C(=O)OC)N(c2cc(F)c(Oc3ccnc(Cl)c3)cc2F)C=CC=C1. The van der Waals surface area contributed by atoms with Crippen molar-refractivity contribution in [3.05, 3.63) is 82.9 Å². The number of carbonyl (C=O) groups excluding carboxylic acids is 2. The molecule has 7 nitrogen and oxygen atoms in total. The van der Waals surface area contributed by atoms with Crippen molar-refractivity contribution in [2.45, 2.75) is 0 Å². The molecule has 160 valence electrons. The average molecular weight is 449 g/mol. The van der Waals surface area contributed by atoms with Crippen LogP contribution in [0.5, 0.6) is 11.5 Å². The lowest BCUT2D eigenvalue weighted by Crippen LogP contribution is -2.27. The summed E-state index contributed by atoms with van der Waals surface area (Å²) in [6.07, 6.45) is 6.79. The number of aromatic nitrogens is 1. The van der Waals surface area contributed by atoms with E-state index in [2.05, 4.69) is 9.72 Å². The number of rotatable bonds is 5. The first-order valence-electron chi connectivity index (χ1n) is 8.69. The number of pyridine rings is 1. The van der Waals surface area contributed by atoms with Crippen molar-refractivity contribution < 1.29 is 32.6 Å². The van der Waals surface area contributed by atoms with Crippen LogP contribution < -0.4 is 9.64 Å². The highest BCUT2D eigenvalue weighted by Crippen LogP contribution is 2.34. The molecule has 1 aliphatic heterocycles. The number of anilines is 1. The molecular formula is C21H15ClF2N2O5. The Kier molecular flexibility index (Phi) is 6.66. The van der Waals surface area contributed by atoms with Gasteiger partial charge in [-0.25, -0.2) is 23.4 Å². The van der Waals surface area contributed by atoms with Crippen molar-refractivity contribution in [1.82, 2.24) is 4.98 Å². The minimum Gasteiger partial charge on any atom is -0.465 e. The van der Waals surface area contributed by atoms with Gasteiger partial charge in [0.2, 0.25) is 0 Å². The smallest absolute Gasteiger partial charge is 0.355 e. The predicted molar refractivity (Wildman–Crippen MR) is 107 cm³/mol. The van der Waals surface area contributed by atoms with Crippen LogP contribution in [-0.4, -0.2) is 31.1 Å². The second-order valence-electron chi connectivity index (χ2n) is 5.97. The fourth-order valence-corrected chi connectivity index (χ4v) is 2.87. The molecular weight excluding hydrogens is 434 g/mol. The number of hydrogen-bond acceptors (Lipinski definition) is 7. The van der Waals surface area contributed by atoms with E-state index in [4.69, 9.17) is 21.1 Å². The second kappa shape index (κ2) is 9.40. The van der Waals surface area contributed by atoms with Gasteiger partial charge >= 0.3 is 11.9 Å². The van der Waals surface area contributed by atoms with Crippen LogP contribution in [0.1, 0.15) is 0 Å². The zero-order chi connectivity index (χ0) is 22.5. The van der Waals surface area contributed by atoms with Gasteiger partial charge in [0.15, 0.2) is 17.4 Å². The summed E-state index contributed by atoms with van der Waals surface area (Å²) in [5.41, 5.74) is -0.919. The number of ether oxygens (including phenoxy) is 3. The lowest BCUT2D eigenvalue weighted by Gasteiger charge is -2.24. The number of esters is 2. The van der Waals surface area contributed by atoms with Crippen LogP contribution in [-0.2, 0) is 19.1 Å². The van der Waals surface area contributed by atoms with Gasteiger partial charge in [-0.05, 0) is 18.2 Å². The number of carbonyl (C=O) groups is 2. The van der Waals surface area contributed by atoms with Crippen LogP contribution in [0.25, 0.3) is 0 Å². The molecule has 0 fully saturated rings. The van der Waals surface area contributed by atoms with Crippen molar-refractivity contribution >= 4 is 29.2 Å². The minimum absolute atomic E-state index is 0.111. The van der Waals surface area contributed by atoms with Gasteiger partial charge < -0.3 is 19.1 Å². The van der Waals surface area contributed by atoms with E-state index in [9.17, 15) is 14.0 Å². The summed E-state index contributed by atoms with van der Waals surface area (Å²) >= 11 is 5.77. The molecule has 1 aliphatic rings. The maximum Gasteiger partial charge on any atom is 0.355 e. The Labute approximate surface area is 180 Å². The third-order valence-corrected chi connectivity index (χ3v) is 4.28. The molecule has 0 saturated heterocycles. The number of hydrogen-bond donors (Lipinski definition) is 0.